The highest BCUT2D eigenvalue weighted by Gasteiger charge is 2.08. The number of halogens is 1. The molecule has 1 heterocycles. The van der Waals surface area contributed by atoms with Crippen LogP contribution in [0.1, 0.15) is 29.4 Å². The molecule has 1 rings (SSSR count). The monoisotopic (exact) mass is 256 g/mol. The minimum Gasteiger partial charge on any atom is -0.481 e. The first-order valence-corrected chi connectivity index (χ1v) is 5.57. The lowest BCUT2D eigenvalue weighted by molar-refractivity contribution is -0.136. The van der Waals surface area contributed by atoms with Crippen LogP contribution in [0, 0.1) is 0 Å². The lowest BCUT2D eigenvalue weighted by Gasteiger charge is -2.05. The number of rotatable bonds is 5. The molecular formula is C11H13ClN2O3. The Morgan fingerprint density at radius 2 is 2.18 bits per heavy atom. The summed E-state index contributed by atoms with van der Waals surface area (Å²) in [4.78, 5) is 26.0. The van der Waals surface area contributed by atoms with Crippen LogP contribution in [0.5, 0.6) is 0 Å². The molecule has 0 unspecified atom stereocenters. The van der Waals surface area contributed by atoms with Crippen LogP contribution in [0.25, 0.3) is 0 Å². The van der Waals surface area contributed by atoms with Crippen molar-refractivity contribution in [3.05, 3.63) is 28.5 Å². The lowest BCUT2D eigenvalue weighted by Crippen LogP contribution is -2.26. The van der Waals surface area contributed by atoms with E-state index < -0.39 is 5.97 Å². The number of hydrogen-bond acceptors (Lipinski definition) is 3. The Morgan fingerprint density at radius 3 is 2.76 bits per heavy atom. The summed E-state index contributed by atoms with van der Waals surface area (Å²) < 4.78 is 0. The van der Waals surface area contributed by atoms with Crippen molar-refractivity contribution in [3.63, 3.8) is 0 Å². The van der Waals surface area contributed by atoms with Crippen LogP contribution in [-0.4, -0.2) is 28.5 Å². The standard InChI is InChI=1S/C11H13ClN2O3/c1-2-8-5-7(6-9(12)14-8)11(17)13-4-3-10(15)16/h5-6H,2-4H2,1H3,(H,13,17)(H,15,16). The largest absolute Gasteiger partial charge is 0.481 e. The summed E-state index contributed by atoms with van der Waals surface area (Å²) in [6.45, 7) is 2.00. The minimum atomic E-state index is -0.952. The number of hydrogen-bond donors (Lipinski definition) is 2. The number of nitrogens with zero attached hydrogens (tertiary/aromatic N) is 1. The van der Waals surface area contributed by atoms with Crippen LogP contribution < -0.4 is 5.32 Å². The van der Waals surface area contributed by atoms with Gasteiger partial charge in [0.25, 0.3) is 5.91 Å². The zero-order chi connectivity index (χ0) is 12.8. The van der Waals surface area contributed by atoms with Crippen molar-refractivity contribution in [2.24, 2.45) is 0 Å². The maximum atomic E-state index is 11.7. The van der Waals surface area contributed by atoms with E-state index in [1.165, 1.54) is 6.07 Å². The zero-order valence-electron chi connectivity index (χ0n) is 9.36. The molecule has 0 saturated carbocycles. The highest BCUT2D eigenvalue weighted by molar-refractivity contribution is 6.29. The summed E-state index contributed by atoms with van der Waals surface area (Å²) in [6.07, 6.45) is 0.571. The normalized spacial score (nSPS) is 10.0. The highest BCUT2D eigenvalue weighted by Crippen LogP contribution is 2.11. The van der Waals surface area contributed by atoms with Crippen molar-refractivity contribution in [1.82, 2.24) is 10.3 Å². The summed E-state index contributed by atoms with van der Waals surface area (Å²) in [7, 11) is 0. The van der Waals surface area contributed by atoms with E-state index in [1.54, 1.807) is 6.07 Å². The van der Waals surface area contributed by atoms with Crippen LogP contribution in [0.3, 0.4) is 0 Å². The topological polar surface area (TPSA) is 79.3 Å². The molecule has 92 valence electrons. The Morgan fingerprint density at radius 1 is 1.47 bits per heavy atom. The summed E-state index contributed by atoms with van der Waals surface area (Å²) in [5.74, 6) is -1.29. The van der Waals surface area contributed by atoms with E-state index in [4.69, 9.17) is 16.7 Å². The Kier molecular flexibility index (Phi) is 4.90. The second-order valence-corrected chi connectivity index (χ2v) is 3.81. The van der Waals surface area contributed by atoms with Crippen molar-refractivity contribution in [1.29, 1.82) is 0 Å². The van der Waals surface area contributed by atoms with Crippen LogP contribution >= 0.6 is 11.6 Å². The summed E-state index contributed by atoms with van der Waals surface area (Å²) in [5.41, 5.74) is 1.12. The molecule has 1 aromatic rings. The Balaban J connectivity index is 2.68. The van der Waals surface area contributed by atoms with Crippen LogP contribution in [-0.2, 0) is 11.2 Å². The van der Waals surface area contributed by atoms with Crippen LogP contribution in [0.2, 0.25) is 5.15 Å². The third-order valence-electron chi connectivity index (χ3n) is 2.10. The molecule has 6 heteroatoms. The number of pyridine rings is 1. The Labute approximate surface area is 104 Å². The highest BCUT2D eigenvalue weighted by atomic mass is 35.5. The Hall–Kier alpha value is -1.62. The molecule has 1 amide bonds. The molecular weight excluding hydrogens is 244 g/mol. The quantitative estimate of drug-likeness (QED) is 0.783. The van der Waals surface area contributed by atoms with E-state index in [-0.39, 0.29) is 24.0 Å². The summed E-state index contributed by atoms with van der Waals surface area (Å²) in [6, 6.07) is 3.10. The molecule has 0 aliphatic rings. The summed E-state index contributed by atoms with van der Waals surface area (Å²) in [5, 5.41) is 11.2. The number of amides is 1. The van der Waals surface area contributed by atoms with Gasteiger partial charge in [0, 0.05) is 17.8 Å². The maximum Gasteiger partial charge on any atom is 0.305 e. The van der Waals surface area contributed by atoms with E-state index in [0.29, 0.717) is 12.0 Å². The van der Waals surface area contributed by atoms with Gasteiger partial charge in [-0.25, -0.2) is 4.98 Å². The Bertz CT molecular complexity index is 435. The van der Waals surface area contributed by atoms with Crippen molar-refractivity contribution in [2.45, 2.75) is 19.8 Å². The second kappa shape index (κ2) is 6.20. The predicted octanol–water partition coefficient (Wildman–Crippen LogP) is 1.50. The van der Waals surface area contributed by atoms with E-state index >= 15 is 0 Å². The first-order chi connectivity index (χ1) is 8.02. The summed E-state index contributed by atoms with van der Waals surface area (Å²) >= 11 is 5.77. The molecule has 0 aliphatic heterocycles. The van der Waals surface area contributed by atoms with Gasteiger partial charge < -0.3 is 10.4 Å². The molecule has 0 spiro atoms. The molecule has 2 N–H and O–H groups in total. The minimum absolute atomic E-state index is 0.0928. The third-order valence-corrected chi connectivity index (χ3v) is 2.29. The fraction of sp³-hybridized carbons (Fsp3) is 0.364. The average Bonchev–Trinajstić information content (AvgIpc) is 2.27. The number of aliphatic carboxylic acids is 1. The van der Waals surface area contributed by atoms with Crippen LogP contribution in [0.4, 0.5) is 0 Å². The molecule has 17 heavy (non-hydrogen) atoms. The molecule has 0 saturated heterocycles. The zero-order valence-corrected chi connectivity index (χ0v) is 10.1. The average molecular weight is 257 g/mol. The predicted molar refractivity (Wildman–Crippen MR) is 63.2 cm³/mol. The van der Waals surface area contributed by atoms with Gasteiger partial charge in [-0.15, -0.1) is 0 Å². The van der Waals surface area contributed by atoms with Crippen molar-refractivity contribution >= 4 is 23.5 Å². The molecule has 0 bridgehead atoms. The number of carboxylic acids is 1. The lowest BCUT2D eigenvalue weighted by atomic mass is 10.2. The van der Waals surface area contributed by atoms with Crippen molar-refractivity contribution < 1.29 is 14.7 Å². The first kappa shape index (κ1) is 13.4. The van der Waals surface area contributed by atoms with Crippen molar-refractivity contribution in [2.75, 3.05) is 6.54 Å². The number of nitrogens with one attached hydrogen (secondary N) is 1. The SMILES string of the molecule is CCc1cc(C(=O)NCCC(=O)O)cc(Cl)n1. The second-order valence-electron chi connectivity index (χ2n) is 3.42. The smallest absolute Gasteiger partial charge is 0.305 e. The maximum absolute atomic E-state index is 11.7. The van der Waals surface area contributed by atoms with Gasteiger partial charge in [0.15, 0.2) is 0 Å². The van der Waals surface area contributed by atoms with E-state index in [1.807, 2.05) is 6.92 Å². The van der Waals surface area contributed by atoms with E-state index in [2.05, 4.69) is 10.3 Å². The number of carboxylic acid groups (broad SMARTS) is 1. The molecule has 0 atom stereocenters. The fourth-order valence-corrected chi connectivity index (χ4v) is 1.47. The number of carbonyl (C=O) groups excluding carboxylic acids is 1. The third kappa shape index (κ3) is 4.40. The van der Waals surface area contributed by atoms with Crippen molar-refractivity contribution in [3.8, 4) is 0 Å². The first-order valence-electron chi connectivity index (χ1n) is 5.19. The van der Waals surface area contributed by atoms with Gasteiger partial charge in [0.1, 0.15) is 5.15 Å². The molecule has 0 aliphatic carbocycles. The number of aromatic nitrogens is 1. The van der Waals surface area contributed by atoms with Gasteiger partial charge in [-0.1, -0.05) is 18.5 Å². The molecule has 0 aromatic carbocycles. The molecule has 0 fully saturated rings. The van der Waals surface area contributed by atoms with Gasteiger partial charge in [-0.3, -0.25) is 9.59 Å². The van der Waals surface area contributed by atoms with Gasteiger partial charge in [0.05, 0.1) is 6.42 Å². The molecule has 0 radical (unpaired) electrons. The molecule has 1 aromatic heterocycles. The van der Waals surface area contributed by atoms with Gasteiger partial charge in [-0.05, 0) is 18.6 Å². The van der Waals surface area contributed by atoms with Gasteiger partial charge >= 0.3 is 5.97 Å². The van der Waals surface area contributed by atoms with E-state index in [0.717, 1.165) is 5.69 Å². The van der Waals surface area contributed by atoms with Gasteiger partial charge in [-0.2, -0.15) is 0 Å². The number of carbonyl (C=O) groups is 2. The number of aryl methyl sites for hydroxylation is 1. The van der Waals surface area contributed by atoms with E-state index in [9.17, 15) is 9.59 Å². The van der Waals surface area contributed by atoms with Crippen LogP contribution in [0.15, 0.2) is 12.1 Å². The fourth-order valence-electron chi connectivity index (χ4n) is 1.25. The van der Waals surface area contributed by atoms with Gasteiger partial charge in [0.2, 0.25) is 0 Å². The molecule has 5 nitrogen and oxygen atoms in total.